The van der Waals surface area contributed by atoms with Crippen LogP contribution in [0.4, 0.5) is 13.2 Å². The summed E-state index contributed by atoms with van der Waals surface area (Å²) in [5.74, 6) is -0.970. The Balaban J connectivity index is 2.19. The monoisotopic (exact) mass is 435 g/mol. The number of alkyl halides is 3. The number of rotatable bonds is 4. The molecule has 0 aliphatic rings. The normalized spacial score (nSPS) is 12.1. The molecule has 1 amide bonds. The molecule has 0 fully saturated rings. The first kappa shape index (κ1) is 19.2. The molecule has 1 aromatic heterocycles. The van der Waals surface area contributed by atoms with Crippen LogP contribution in [0, 0.1) is 0 Å². The van der Waals surface area contributed by atoms with Crippen molar-refractivity contribution >= 4 is 39.1 Å². The molecule has 1 heterocycles. The van der Waals surface area contributed by atoms with Gasteiger partial charge in [0.1, 0.15) is 11.4 Å². The highest BCUT2D eigenvalue weighted by molar-refractivity contribution is 9.10. The van der Waals surface area contributed by atoms with E-state index in [4.69, 9.17) is 16.8 Å². The standard InChI is InChI=1S/C15H10BrClF3N3O2/c16-8-5-11(17)13(21-6-8)12(23-25)7-22-14(24)9-3-1-2-4-10(9)15(18,19)20/h1-6,25H,7H2,(H,22,24)/b23-12+. The van der Waals surface area contributed by atoms with E-state index in [1.54, 1.807) is 0 Å². The van der Waals surface area contributed by atoms with Crippen molar-refractivity contribution < 1.29 is 23.2 Å². The highest BCUT2D eigenvalue weighted by Gasteiger charge is 2.34. The summed E-state index contributed by atoms with van der Waals surface area (Å²) in [5.41, 5.74) is -1.61. The molecule has 0 saturated heterocycles. The molecular weight excluding hydrogens is 427 g/mol. The van der Waals surface area contributed by atoms with Crippen molar-refractivity contribution in [2.75, 3.05) is 6.54 Å². The zero-order chi connectivity index (χ0) is 18.6. The Morgan fingerprint density at radius 2 is 2.04 bits per heavy atom. The third-order valence-electron chi connectivity index (χ3n) is 3.10. The van der Waals surface area contributed by atoms with Gasteiger partial charge in [-0.1, -0.05) is 28.9 Å². The highest BCUT2D eigenvalue weighted by atomic mass is 79.9. The van der Waals surface area contributed by atoms with E-state index in [0.29, 0.717) is 4.47 Å². The molecule has 0 atom stereocenters. The predicted molar refractivity (Wildman–Crippen MR) is 89.0 cm³/mol. The van der Waals surface area contributed by atoms with Crippen LogP contribution in [0.2, 0.25) is 5.02 Å². The number of hydrogen-bond acceptors (Lipinski definition) is 4. The molecular formula is C15H10BrClF3N3O2. The average Bonchev–Trinajstić information content (AvgIpc) is 2.56. The van der Waals surface area contributed by atoms with E-state index < -0.39 is 23.2 Å². The molecule has 0 unspecified atom stereocenters. The summed E-state index contributed by atoms with van der Waals surface area (Å²) in [7, 11) is 0. The number of amides is 1. The van der Waals surface area contributed by atoms with Gasteiger partial charge in [-0.2, -0.15) is 13.2 Å². The van der Waals surface area contributed by atoms with E-state index in [0.717, 1.165) is 12.1 Å². The van der Waals surface area contributed by atoms with Crippen LogP contribution in [0.1, 0.15) is 21.6 Å². The van der Waals surface area contributed by atoms with Gasteiger partial charge in [0, 0.05) is 10.7 Å². The van der Waals surface area contributed by atoms with Crippen molar-refractivity contribution in [2.45, 2.75) is 6.18 Å². The Kier molecular flexibility index (Phi) is 6.02. The summed E-state index contributed by atoms with van der Waals surface area (Å²) in [6, 6.07) is 5.86. The van der Waals surface area contributed by atoms with Gasteiger partial charge in [0.2, 0.25) is 0 Å². The van der Waals surface area contributed by atoms with Crippen molar-refractivity contribution in [1.29, 1.82) is 0 Å². The number of pyridine rings is 1. The first-order chi connectivity index (χ1) is 11.7. The summed E-state index contributed by atoms with van der Waals surface area (Å²) in [5, 5.41) is 14.5. The lowest BCUT2D eigenvalue weighted by atomic mass is 10.1. The lowest BCUT2D eigenvalue weighted by Crippen LogP contribution is -2.32. The highest BCUT2D eigenvalue weighted by Crippen LogP contribution is 2.31. The fraction of sp³-hybridized carbons (Fsp3) is 0.133. The lowest BCUT2D eigenvalue weighted by molar-refractivity contribution is -0.137. The van der Waals surface area contributed by atoms with Crippen molar-refractivity contribution in [2.24, 2.45) is 5.16 Å². The van der Waals surface area contributed by atoms with Crippen LogP contribution >= 0.6 is 27.5 Å². The molecule has 0 bridgehead atoms. The number of halogens is 5. The van der Waals surface area contributed by atoms with Crippen LogP contribution < -0.4 is 5.32 Å². The summed E-state index contributed by atoms with van der Waals surface area (Å²) < 4.78 is 39.4. The van der Waals surface area contributed by atoms with Gasteiger partial charge in [-0.05, 0) is 34.1 Å². The van der Waals surface area contributed by atoms with Gasteiger partial charge in [-0.25, -0.2) is 0 Å². The molecule has 0 spiro atoms. The Hall–Kier alpha value is -2.13. The Morgan fingerprint density at radius 1 is 1.36 bits per heavy atom. The van der Waals surface area contributed by atoms with Crippen molar-refractivity contribution in [1.82, 2.24) is 10.3 Å². The first-order valence-electron chi connectivity index (χ1n) is 6.70. The smallest absolute Gasteiger partial charge is 0.411 e. The van der Waals surface area contributed by atoms with Gasteiger partial charge in [-0.3, -0.25) is 9.78 Å². The minimum absolute atomic E-state index is 0.0942. The quantitative estimate of drug-likeness (QED) is 0.430. The zero-order valence-corrected chi connectivity index (χ0v) is 14.7. The molecule has 0 radical (unpaired) electrons. The minimum atomic E-state index is -4.67. The van der Waals surface area contributed by atoms with E-state index in [2.05, 4.69) is 31.4 Å². The number of hydrogen-bond donors (Lipinski definition) is 2. The first-order valence-corrected chi connectivity index (χ1v) is 7.88. The average molecular weight is 437 g/mol. The van der Waals surface area contributed by atoms with Gasteiger partial charge in [0.15, 0.2) is 0 Å². The lowest BCUT2D eigenvalue weighted by Gasteiger charge is -2.13. The third-order valence-corrected chi connectivity index (χ3v) is 3.82. The number of oxime groups is 1. The Morgan fingerprint density at radius 3 is 2.64 bits per heavy atom. The van der Waals surface area contributed by atoms with Crippen molar-refractivity contribution in [3.05, 3.63) is 62.8 Å². The molecule has 0 aliphatic heterocycles. The van der Waals surface area contributed by atoms with Crippen LogP contribution in [-0.4, -0.2) is 28.4 Å². The number of aromatic nitrogens is 1. The second-order valence-corrected chi connectivity index (χ2v) is 6.08. The Labute approximate surface area is 153 Å². The summed E-state index contributed by atoms with van der Waals surface area (Å²) >= 11 is 9.14. The second kappa shape index (κ2) is 7.83. The molecule has 2 rings (SSSR count). The summed E-state index contributed by atoms with van der Waals surface area (Å²) in [6.45, 7) is -0.365. The number of carbonyl (C=O) groups excluding carboxylic acids is 1. The van der Waals surface area contributed by atoms with Gasteiger partial charge >= 0.3 is 6.18 Å². The molecule has 1 aromatic carbocycles. The molecule has 0 saturated carbocycles. The fourth-order valence-electron chi connectivity index (χ4n) is 1.98. The third kappa shape index (κ3) is 4.70. The maximum atomic E-state index is 13.0. The SMILES string of the molecule is O=C(NC/C(=N\O)c1ncc(Br)cc1Cl)c1ccccc1C(F)(F)F. The molecule has 0 aliphatic carbocycles. The fourth-order valence-corrected chi connectivity index (χ4v) is 2.72. The topological polar surface area (TPSA) is 74.6 Å². The second-order valence-electron chi connectivity index (χ2n) is 4.76. The maximum absolute atomic E-state index is 13.0. The minimum Gasteiger partial charge on any atom is -0.411 e. The molecule has 25 heavy (non-hydrogen) atoms. The molecule has 5 nitrogen and oxygen atoms in total. The maximum Gasteiger partial charge on any atom is 0.417 e. The number of carbonyl (C=O) groups is 1. The molecule has 2 aromatic rings. The zero-order valence-electron chi connectivity index (χ0n) is 12.3. The van der Waals surface area contributed by atoms with Crippen LogP contribution in [-0.2, 0) is 6.18 Å². The van der Waals surface area contributed by atoms with Crippen LogP contribution in [0.25, 0.3) is 0 Å². The van der Waals surface area contributed by atoms with E-state index in [9.17, 15) is 18.0 Å². The summed E-state index contributed by atoms with van der Waals surface area (Å²) in [4.78, 5) is 16.0. The van der Waals surface area contributed by atoms with Crippen molar-refractivity contribution in [3.63, 3.8) is 0 Å². The Bertz CT molecular complexity index is 828. The predicted octanol–water partition coefficient (Wildman–Crippen LogP) is 4.12. The molecule has 10 heteroatoms. The van der Waals surface area contributed by atoms with Gasteiger partial charge in [-0.15, -0.1) is 0 Å². The number of nitrogens with one attached hydrogen (secondary N) is 1. The van der Waals surface area contributed by atoms with Gasteiger partial charge in [0.25, 0.3) is 5.91 Å². The van der Waals surface area contributed by atoms with Crippen LogP contribution in [0.3, 0.4) is 0 Å². The number of nitrogens with zero attached hydrogens (tertiary/aromatic N) is 2. The van der Waals surface area contributed by atoms with Gasteiger partial charge in [0.05, 0.1) is 22.7 Å². The summed E-state index contributed by atoms with van der Waals surface area (Å²) in [6.07, 6.45) is -3.27. The van der Waals surface area contributed by atoms with E-state index in [1.807, 2.05) is 0 Å². The largest absolute Gasteiger partial charge is 0.417 e. The number of benzene rings is 1. The van der Waals surface area contributed by atoms with Crippen LogP contribution in [0.15, 0.2) is 46.2 Å². The van der Waals surface area contributed by atoms with E-state index in [1.165, 1.54) is 24.4 Å². The molecule has 2 N–H and O–H groups in total. The van der Waals surface area contributed by atoms with E-state index >= 15 is 0 Å². The van der Waals surface area contributed by atoms with Gasteiger partial charge < -0.3 is 10.5 Å². The van der Waals surface area contributed by atoms with Crippen molar-refractivity contribution in [3.8, 4) is 0 Å². The van der Waals surface area contributed by atoms with Crippen LogP contribution in [0.5, 0.6) is 0 Å². The molecule has 132 valence electrons. The van der Waals surface area contributed by atoms with E-state index in [-0.39, 0.29) is 23.0 Å².